The van der Waals surface area contributed by atoms with Crippen molar-refractivity contribution in [3.63, 3.8) is 0 Å². The van der Waals surface area contributed by atoms with Crippen LogP contribution in [0.3, 0.4) is 0 Å². The zero-order valence-corrected chi connectivity index (χ0v) is 23.1. The first-order chi connectivity index (χ1) is 19.1. The first-order valence-electron chi connectivity index (χ1n) is 14.2. The van der Waals surface area contributed by atoms with E-state index in [-0.39, 0.29) is 35.9 Å². The number of aromatic hydroxyl groups is 1. The van der Waals surface area contributed by atoms with Crippen molar-refractivity contribution in [2.75, 3.05) is 20.1 Å². The zero-order chi connectivity index (χ0) is 28.4. The van der Waals surface area contributed by atoms with Gasteiger partial charge < -0.3 is 40.0 Å². The first kappa shape index (κ1) is 27.0. The number of likely N-dealkylation sites (tertiary alicyclic amines) is 1. The van der Waals surface area contributed by atoms with Crippen molar-refractivity contribution in [3.05, 3.63) is 35.1 Å². The van der Waals surface area contributed by atoms with Gasteiger partial charge in [0.15, 0.2) is 23.7 Å². The van der Waals surface area contributed by atoms with Crippen LogP contribution in [0.1, 0.15) is 57.1 Å². The number of esters is 2. The van der Waals surface area contributed by atoms with Gasteiger partial charge in [0.05, 0.1) is 17.1 Å². The van der Waals surface area contributed by atoms with E-state index in [0.717, 1.165) is 37.1 Å². The fraction of sp³-hybridized carbons (Fsp3) is 0.621. The molecule has 1 aromatic rings. The largest absolute Gasteiger partial charge is 0.504 e. The molecule has 2 aliphatic carbocycles. The predicted molar refractivity (Wildman–Crippen MR) is 141 cm³/mol. The molecule has 1 amide bonds. The van der Waals surface area contributed by atoms with Crippen molar-refractivity contribution in [1.29, 1.82) is 0 Å². The summed E-state index contributed by atoms with van der Waals surface area (Å²) in [4.78, 5) is 40.3. The average molecular weight is 556 g/mol. The van der Waals surface area contributed by atoms with Crippen LogP contribution in [-0.4, -0.2) is 89.0 Å². The van der Waals surface area contributed by atoms with E-state index >= 15 is 0 Å². The molecule has 11 nitrogen and oxygen atoms in total. The highest BCUT2D eigenvalue weighted by Crippen LogP contribution is 2.64. The summed E-state index contributed by atoms with van der Waals surface area (Å²) in [6.07, 6.45) is 3.44. The Morgan fingerprint density at radius 3 is 2.77 bits per heavy atom. The molecule has 2 bridgehead atoms. The van der Waals surface area contributed by atoms with E-state index in [1.54, 1.807) is 12.1 Å². The van der Waals surface area contributed by atoms with Crippen LogP contribution >= 0.6 is 0 Å². The van der Waals surface area contributed by atoms with Crippen LogP contribution in [0.15, 0.2) is 24.0 Å². The third kappa shape index (κ3) is 3.93. The SMILES string of the molecule is C[C@H](NC(=O)[C@@H]1CCCN1)C(=O)O[C@@H](C)C(=O)OC1=CC[C@@]2(O)[C@H]3Cc4ccc(O)c5c4[C@@]2(CCCN3C)[C@H]1O5. The maximum atomic E-state index is 13.1. The number of hydrogen-bond acceptors (Lipinski definition) is 10. The minimum atomic E-state index is -1.25. The van der Waals surface area contributed by atoms with Crippen LogP contribution in [0.5, 0.6) is 11.5 Å². The molecule has 7 atom stereocenters. The molecule has 3 heterocycles. The van der Waals surface area contributed by atoms with Gasteiger partial charge in [0, 0.05) is 18.0 Å². The fourth-order valence-electron chi connectivity index (χ4n) is 7.50. The molecule has 3 aliphatic heterocycles. The van der Waals surface area contributed by atoms with E-state index in [9.17, 15) is 24.6 Å². The lowest BCUT2D eigenvalue weighted by Gasteiger charge is -2.56. The summed E-state index contributed by atoms with van der Waals surface area (Å²) in [5.41, 5.74) is -0.280. The Hall–Kier alpha value is -3.15. The van der Waals surface area contributed by atoms with Crippen molar-refractivity contribution in [2.45, 2.75) is 93.7 Å². The molecule has 4 N–H and O–H groups in total. The molecule has 1 spiro atoms. The predicted octanol–water partition coefficient (Wildman–Crippen LogP) is 0.792. The summed E-state index contributed by atoms with van der Waals surface area (Å²) in [6, 6.07) is 2.05. The minimum absolute atomic E-state index is 0.0160. The highest BCUT2D eigenvalue weighted by molar-refractivity contribution is 5.88. The molecule has 2 saturated heterocycles. The maximum Gasteiger partial charge on any atom is 0.352 e. The summed E-state index contributed by atoms with van der Waals surface area (Å²) >= 11 is 0. The molecule has 0 saturated carbocycles. The molecule has 0 radical (unpaired) electrons. The van der Waals surface area contributed by atoms with Gasteiger partial charge in [0.25, 0.3) is 0 Å². The van der Waals surface area contributed by atoms with E-state index in [1.807, 2.05) is 13.1 Å². The van der Waals surface area contributed by atoms with Crippen molar-refractivity contribution in [1.82, 2.24) is 15.5 Å². The van der Waals surface area contributed by atoms with Crippen LogP contribution in [-0.2, 0) is 35.7 Å². The second-order valence-electron chi connectivity index (χ2n) is 11.8. The molecule has 0 aromatic heterocycles. The van der Waals surface area contributed by atoms with Gasteiger partial charge in [-0.15, -0.1) is 0 Å². The number of amides is 1. The number of carbonyl (C=O) groups is 3. The van der Waals surface area contributed by atoms with Gasteiger partial charge in [-0.2, -0.15) is 0 Å². The summed E-state index contributed by atoms with van der Waals surface area (Å²) in [5.74, 6) is -1.28. The lowest BCUT2D eigenvalue weighted by molar-refractivity contribution is -0.169. The monoisotopic (exact) mass is 555 g/mol. The van der Waals surface area contributed by atoms with Gasteiger partial charge in [0.2, 0.25) is 5.91 Å². The Morgan fingerprint density at radius 1 is 1.23 bits per heavy atom. The van der Waals surface area contributed by atoms with E-state index in [2.05, 4.69) is 15.5 Å². The molecule has 2 fully saturated rings. The van der Waals surface area contributed by atoms with Crippen molar-refractivity contribution < 1.29 is 38.8 Å². The number of rotatable bonds is 6. The molecule has 40 heavy (non-hydrogen) atoms. The molecule has 6 rings (SSSR count). The van der Waals surface area contributed by atoms with Crippen LogP contribution in [0.25, 0.3) is 0 Å². The average Bonchev–Trinajstić information content (AvgIpc) is 3.57. The van der Waals surface area contributed by atoms with Crippen LogP contribution < -0.4 is 15.4 Å². The highest BCUT2D eigenvalue weighted by Gasteiger charge is 2.71. The number of aliphatic hydroxyl groups is 1. The van der Waals surface area contributed by atoms with Gasteiger partial charge in [0.1, 0.15) is 11.8 Å². The van der Waals surface area contributed by atoms with Crippen molar-refractivity contribution in [2.24, 2.45) is 0 Å². The first-order valence-corrected chi connectivity index (χ1v) is 14.2. The Bertz CT molecular complexity index is 1280. The Labute approximate surface area is 232 Å². The van der Waals surface area contributed by atoms with Gasteiger partial charge in [-0.3, -0.25) is 4.79 Å². The van der Waals surface area contributed by atoms with Crippen molar-refractivity contribution in [3.8, 4) is 11.5 Å². The van der Waals surface area contributed by atoms with Crippen molar-refractivity contribution >= 4 is 17.8 Å². The standard InChI is InChI=1S/C29H37N3O8/c1-15(31-25(34)18-6-4-12-30-18)26(35)38-16(2)27(36)39-20-9-11-29(37)21-14-17-7-8-19(33)23-22(17)28(29,24(20)40-23)10-5-13-32(21)3/h7-9,15-16,18,21,24,30,33,37H,4-6,10-14H2,1-3H3,(H,31,34)/t15-,16-,18-,21+,24-,28-,29+/m0/s1. The number of carbonyl (C=O) groups excluding carboxylic acids is 3. The van der Waals surface area contributed by atoms with E-state index < -0.39 is 41.2 Å². The number of likely N-dealkylation sites (N-methyl/N-ethyl adjacent to an activating group) is 1. The molecule has 216 valence electrons. The molecular weight excluding hydrogens is 518 g/mol. The highest BCUT2D eigenvalue weighted by atomic mass is 16.6. The summed E-state index contributed by atoms with van der Waals surface area (Å²) in [5, 5.41) is 28.8. The van der Waals surface area contributed by atoms with Gasteiger partial charge in [-0.25, -0.2) is 9.59 Å². The summed E-state index contributed by atoms with van der Waals surface area (Å²) in [7, 11) is 2.02. The quantitative estimate of drug-likeness (QED) is 0.372. The van der Waals surface area contributed by atoms with E-state index in [1.165, 1.54) is 13.8 Å². The summed E-state index contributed by atoms with van der Waals surface area (Å²) in [6.45, 7) is 4.47. The third-order valence-electron chi connectivity index (χ3n) is 9.51. The summed E-state index contributed by atoms with van der Waals surface area (Å²) < 4.78 is 17.5. The molecular formula is C29H37N3O8. The lowest BCUT2D eigenvalue weighted by Crippen LogP contribution is -2.69. The van der Waals surface area contributed by atoms with Crippen LogP contribution in [0.4, 0.5) is 0 Å². The number of nitrogens with one attached hydrogen (secondary N) is 2. The Kier molecular flexibility index (Phi) is 6.59. The molecule has 5 aliphatic rings. The number of hydrogen-bond donors (Lipinski definition) is 4. The van der Waals surface area contributed by atoms with Crippen LogP contribution in [0.2, 0.25) is 0 Å². The molecule has 1 aromatic carbocycles. The van der Waals surface area contributed by atoms with Gasteiger partial charge >= 0.3 is 11.9 Å². The molecule has 11 heteroatoms. The third-order valence-corrected chi connectivity index (χ3v) is 9.51. The second kappa shape index (κ2) is 9.74. The number of phenols is 1. The minimum Gasteiger partial charge on any atom is -0.504 e. The van der Waals surface area contributed by atoms with Crippen LogP contribution in [0, 0.1) is 0 Å². The van der Waals surface area contributed by atoms with Gasteiger partial charge in [-0.1, -0.05) is 6.07 Å². The second-order valence-corrected chi connectivity index (χ2v) is 11.8. The lowest BCUT2D eigenvalue weighted by atomic mass is 9.52. The van der Waals surface area contributed by atoms with E-state index in [4.69, 9.17) is 14.2 Å². The fourth-order valence-corrected chi connectivity index (χ4v) is 7.50. The zero-order valence-electron chi connectivity index (χ0n) is 23.1. The smallest absolute Gasteiger partial charge is 0.352 e. The van der Waals surface area contributed by atoms with E-state index in [0.29, 0.717) is 25.0 Å². The Morgan fingerprint density at radius 2 is 2.02 bits per heavy atom. The topological polar surface area (TPSA) is 147 Å². The van der Waals surface area contributed by atoms with Gasteiger partial charge in [-0.05, 0) is 83.8 Å². The molecule has 0 unspecified atom stereocenters. The number of benzene rings is 1. The number of phenolic OH excluding ortho intramolecular Hbond substituents is 1. The normalized spacial score (nSPS) is 33.5. The number of ether oxygens (including phenoxy) is 3. The Balaban J connectivity index is 1.21. The number of nitrogens with zero attached hydrogens (tertiary/aromatic N) is 1. The maximum absolute atomic E-state index is 13.1.